The molecule has 0 saturated heterocycles. The second-order valence-electron chi connectivity index (χ2n) is 9.28. The molecule has 0 aromatic heterocycles. The normalized spacial score (nSPS) is 22.2. The van der Waals surface area contributed by atoms with Crippen molar-refractivity contribution in [2.24, 2.45) is 0 Å². The van der Waals surface area contributed by atoms with Crippen LogP contribution in [0.2, 0.25) is 0 Å². The standard InChI is InChI=1S/C26H30N2O4/c1-18-22-12-24-25(31-11-10-30-24)13-23(22)26(8-2-3-9-26)17-28(18)15-20(29)16-32-21-6-4-19(14-27)5-7-21/h4-7,12-13,18,20,29H,2-3,8-11,15-17H2,1H3/t18-,20+/m1/s1. The highest BCUT2D eigenvalue weighted by Crippen LogP contribution is 2.51. The molecular formula is C26H30N2O4. The van der Waals surface area contributed by atoms with Crippen LogP contribution in [0.4, 0.5) is 0 Å². The van der Waals surface area contributed by atoms with E-state index in [2.05, 4.69) is 30.0 Å². The fourth-order valence-electron chi connectivity index (χ4n) is 5.56. The molecule has 2 heterocycles. The van der Waals surface area contributed by atoms with Gasteiger partial charge in [-0.3, -0.25) is 4.90 Å². The predicted molar refractivity (Wildman–Crippen MR) is 120 cm³/mol. The van der Waals surface area contributed by atoms with Crippen LogP contribution < -0.4 is 14.2 Å². The van der Waals surface area contributed by atoms with Crippen molar-refractivity contribution in [3.63, 3.8) is 0 Å². The molecule has 168 valence electrons. The summed E-state index contributed by atoms with van der Waals surface area (Å²) in [5.41, 5.74) is 3.41. The molecule has 2 aromatic rings. The van der Waals surface area contributed by atoms with E-state index in [1.165, 1.54) is 36.8 Å². The van der Waals surface area contributed by atoms with Gasteiger partial charge in [0, 0.05) is 24.5 Å². The molecule has 32 heavy (non-hydrogen) atoms. The van der Waals surface area contributed by atoms with Crippen LogP contribution in [0.25, 0.3) is 0 Å². The minimum atomic E-state index is -0.606. The van der Waals surface area contributed by atoms with Crippen molar-refractivity contribution >= 4 is 0 Å². The monoisotopic (exact) mass is 434 g/mol. The summed E-state index contributed by atoms with van der Waals surface area (Å²) in [5.74, 6) is 2.37. The van der Waals surface area contributed by atoms with Gasteiger partial charge < -0.3 is 19.3 Å². The van der Waals surface area contributed by atoms with Crippen molar-refractivity contribution < 1.29 is 19.3 Å². The molecule has 0 bridgehead atoms. The van der Waals surface area contributed by atoms with E-state index in [0.717, 1.165) is 18.0 Å². The van der Waals surface area contributed by atoms with E-state index in [4.69, 9.17) is 19.5 Å². The zero-order chi connectivity index (χ0) is 22.1. The van der Waals surface area contributed by atoms with E-state index in [0.29, 0.717) is 31.1 Å². The number of β-amino-alcohol motifs (C(OH)–C–C–N with tert-alkyl or cyclic N) is 1. The predicted octanol–water partition coefficient (Wildman–Crippen LogP) is 3.96. The third kappa shape index (κ3) is 3.92. The lowest BCUT2D eigenvalue weighted by Crippen LogP contribution is -2.49. The number of aliphatic hydroxyl groups excluding tert-OH is 1. The first kappa shape index (κ1) is 21.1. The Labute approximate surface area is 189 Å². The molecule has 0 amide bonds. The molecule has 3 aliphatic rings. The smallest absolute Gasteiger partial charge is 0.161 e. The summed E-state index contributed by atoms with van der Waals surface area (Å²) in [6.07, 6.45) is 4.20. The first-order valence-corrected chi connectivity index (χ1v) is 11.6. The molecule has 1 saturated carbocycles. The topological polar surface area (TPSA) is 75.0 Å². The van der Waals surface area contributed by atoms with Crippen molar-refractivity contribution in [3.05, 3.63) is 53.1 Å². The molecule has 2 atom stereocenters. The van der Waals surface area contributed by atoms with Gasteiger partial charge in [0.05, 0.1) is 11.6 Å². The van der Waals surface area contributed by atoms with Gasteiger partial charge in [-0.15, -0.1) is 0 Å². The number of hydrogen-bond acceptors (Lipinski definition) is 6. The van der Waals surface area contributed by atoms with Crippen LogP contribution in [0.1, 0.15) is 55.3 Å². The summed E-state index contributed by atoms with van der Waals surface area (Å²) in [5, 5.41) is 19.7. The van der Waals surface area contributed by atoms with Crippen LogP contribution in [0.15, 0.2) is 36.4 Å². The Kier molecular flexibility index (Phi) is 5.71. The highest BCUT2D eigenvalue weighted by molar-refractivity contribution is 5.53. The number of hydrogen-bond donors (Lipinski definition) is 1. The largest absolute Gasteiger partial charge is 0.491 e. The molecule has 1 spiro atoms. The summed E-state index contributed by atoms with van der Waals surface area (Å²) >= 11 is 0. The lowest BCUT2D eigenvalue weighted by molar-refractivity contribution is 0.0364. The van der Waals surface area contributed by atoms with E-state index < -0.39 is 6.10 Å². The first-order valence-electron chi connectivity index (χ1n) is 11.6. The van der Waals surface area contributed by atoms with Crippen molar-refractivity contribution in [1.29, 1.82) is 5.26 Å². The third-order valence-corrected chi connectivity index (χ3v) is 7.22. The van der Waals surface area contributed by atoms with Gasteiger partial charge in [0.25, 0.3) is 0 Å². The summed E-state index contributed by atoms with van der Waals surface area (Å²) in [4.78, 5) is 2.40. The van der Waals surface area contributed by atoms with E-state index in [1.807, 2.05) is 0 Å². The van der Waals surface area contributed by atoms with Crippen molar-refractivity contribution in [2.45, 2.75) is 50.2 Å². The van der Waals surface area contributed by atoms with Crippen LogP contribution in [0.3, 0.4) is 0 Å². The van der Waals surface area contributed by atoms with E-state index in [-0.39, 0.29) is 18.1 Å². The van der Waals surface area contributed by atoms with E-state index in [9.17, 15) is 5.11 Å². The average molecular weight is 435 g/mol. The zero-order valence-electron chi connectivity index (χ0n) is 18.5. The minimum absolute atomic E-state index is 0.116. The van der Waals surface area contributed by atoms with Crippen LogP contribution in [-0.4, -0.2) is 49.0 Å². The SMILES string of the molecule is C[C@@H]1c2cc3c(cc2C2(CCCC2)CN1C[C@H](O)COc1ccc(C#N)cc1)OCCO3. The molecule has 6 heteroatoms. The number of rotatable bonds is 5. The fraction of sp³-hybridized carbons (Fsp3) is 0.500. The second-order valence-corrected chi connectivity index (χ2v) is 9.28. The third-order valence-electron chi connectivity index (χ3n) is 7.22. The Morgan fingerprint density at radius 1 is 1.16 bits per heavy atom. The van der Waals surface area contributed by atoms with Crippen molar-refractivity contribution in [3.8, 4) is 23.3 Å². The molecule has 0 radical (unpaired) electrons. The highest BCUT2D eigenvalue weighted by atomic mass is 16.6. The lowest BCUT2D eigenvalue weighted by atomic mass is 9.71. The van der Waals surface area contributed by atoms with Gasteiger partial charge in [-0.2, -0.15) is 5.26 Å². The Morgan fingerprint density at radius 3 is 2.53 bits per heavy atom. The molecule has 2 aromatic carbocycles. The van der Waals surface area contributed by atoms with Crippen LogP contribution >= 0.6 is 0 Å². The van der Waals surface area contributed by atoms with Crippen LogP contribution in [0, 0.1) is 11.3 Å². The molecule has 0 unspecified atom stereocenters. The summed E-state index contributed by atoms with van der Waals surface area (Å²) < 4.78 is 17.6. The van der Waals surface area contributed by atoms with Gasteiger partial charge >= 0.3 is 0 Å². The average Bonchev–Trinajstić information content (AvgIpc) is 3.29. The number of aliphatic hydroxyl groups is 1. The highest BCUT2D eigenvalue weighted by Gasteiger charge is 2.45. The molecule has 6 nitrogen and oxygen atoms in total. The van der Waals surface area contributed by atoms with E-state index in [1.54, 1.807) is 24.3 Å². The maximum absolute atomic E-state index is 10.8. The van der Waals surface area contributed by atoms with Crippen molar-refractivity contribution in [1.82, 2.24) is 4.90 Å². The number of ether oxygens (including phenoxy) is 3. The molecule has 5 rings (SSSR count). The molecule has 1 fully saturated rings. The van der Waals surface area contributed by atoms with Gasteiger partial charge in [0.15, 0.2) is 11.5 Å². The number of benzene rings is 2. The molecule has 2 aliphatic heterocycles. The minimum Gasteiger partial charge on any atom is -0.491 e. The Hall–Kier alpha value is -2.75. The summed E-state index contributed by atoms with van der Waals surface area (Å²) in [6, 6.07) is 13.7. The lowest BCUT2D eigenvalue weighted by Gasteiger charge is -2.47. The van der Waals surface area contributed by atoms with Crippen LogP contribution in [0.5, 0.6) is 17.2 Å². The van der Waals surface area contributed by atoms with E-state index >= 15 is 0 Å². The Balaban J connectivity index is 1.33. The first-order chi connectivity index (χ1) is 15.6. The second kappa shape index (κ2) is 8.65. The summed E-state index contributed by atoms with van der Waals surface area (Å²) in [7, 11) is 0. The van der Waals surface area contributed by atoms with Gasteiger partial charge in [-0.1, -0.05) is 12.8 Å². The van der Waals surface area contributed by atoms with Crippen LogP contribution in [-0.2, 0) is 5.41 Å². The maximum atomic E-state index is 10.8. The van der Waals surface area contributed by atoms with Gasteiger partial charge in [-0.25, -0.2) is 0 Å². The summed E-state index contributed by atoms with van der Waals surface area (Å²) in [6.45, 7) is 5.11. The van der Waals surface area contributed by atoms with Crippen molar-refractivity contribution in [2.75, 3.05) is 32.9 Å². The quantitative estimate of drug-likeness (QED) is 0.768. The number of fused-ring (bicyclic) bond motifs is 3. The molecule has 1 N–H and O–H groups in total. The van der Waals surface area contributed by atoms with Gasteiger partial charge in [0.1, 0.15) is 31.7 Å². The fourth-order valence-corrected chi connectivity index (χ4v) is 5.56. The Bertz CT molecular complexity index is 1010. The molecular weight excluding hydrogens is 404 g/mol. The number of nitriles is 1. The maximum Gasteiger partial charge on any atom is 0.161 e. The molecule has 1 aliphatic carbocycles. The Morgan fingerprint density at radius 2 is 1.84 bits per heavy atom. The number of nitrogens with zero attached hydrogens (tertiary/aromatic N) is 2. The zero-order valence-corrected chi connectivity index (χ0v) is 18.5. The van der Waals surface area contributed by atoms with Gasteiger partial charge in [0.2, 0.25) is 0 Å². The van der Waals surface area contributed by atoms with Gasteiger partial charge in [-0.05, 0) is 67.3 Å².